The number of hydrogen-bond donors (Lipinski definition) is 2. The molecule has 0 bridgehead atoms. The highest BCUT2D eigenvalue weighted by molar-refractivity contribution is 6.04. The molecule has 1 atom stereocenters. The predicted octanol–water partition coefficient (Wildman–Crippen LogP) is 2.06. The van der Waals surface area contributed by atoms with Gasteiger partial charge in [0.15, 0.2) is 0 Å². The van der Waals surface area contributed by atoms with Crippen molar-refractivity contribution in [3.8, 4) is 0 Å². The Morgan fingerprint density at radius 2 is 1.77 bits per heavy atom. The average Bonchev–Trinajstić information content (AvgIpc) is 3.03. The van der Waals surface area contributed by atoms with E-state index in [1.54, 1.807) is 23.1 Å². The molecule has 0 saturated carbocycles. The van der Waals surface area contributed by atoms with Crippen LogP contribution in [0.1, 0.15) is 16.8 Å². The number of aromatic nitrogens is 1. The number of carbonyl (C=O) groups excluding carboxylic acids is 2. The molecule has 1 aliphatic heterocycles. The number of nitrogens with one attached hydrogen (secondary N) is 2. The topological polar surface area (TPSA) is 82.3 Å². The second kappa shape index (κ2) is 6.48. The van der Waals surface area contributed by atoms with Gasteiger partial charge in [0.1, 0.15) is 11.6 Å². The summed E-state index contributed by atoms with van der Waals surface area (Å²) in [5, 5.41) is 3.15. The summed E-state index contributed by atoms with van der Waals surface area (Å²) in [5.41, 5.74) is 1.14. The molecule has 2 amide bonds. The molecule has 1 saturated heterocycles. The number of amides is 2. The highest BCUT2D eigenvalue weighted by Crippen LogP contribution is 2.21. The first kappa shape index (κ1) is 16.1. The molecule has 6 heteroatoms. The molecule has 4 rings (SSSR count). The molecular weight excluding hydrogens is 330 g/mol. The van der Waals surface area contributed by atoms with E-state index in [-0.39, 0.29) is 16.9 Å². The summed E-state index contributed by atoms with van der Waals surface area (Å²) in [7, 11) is 0. The number of fused-ring (bicyclic) bond motifs is 1. The van der Waals surface area contributed by atoms with E-state index >= 15 is 0 Å². The number of nitrogens with zero attached hydrogens (tertiary/aromatic N) is 1. The van der Waals surface area contributed by atoms with Crippen LogP contribution in [0.4, 0.5) is 5.69 Å². The van der Waals surface area contributed by atoms with Crippen LogP contribution in [0.5, 0.6) is 0 Å². The van der Waals surface area contributed by atoms with Crippen LogP contribution in [-0.2, 0) is 4.79 Å². The summed E-state index contributed by atoms with van der Waals surface area (Å²) >= 11 is 0. The molecule has 0 unspecified atom stereocenters. The number of benzene rings is 2. The fraction of sp³-hybridized carbons (Fsp3) is 0.150. The predicted molar refractivity (Wildman–Crippen MR) is 99.2 cm³/mol. The SMILES string of the molecule is O=C(N[C@@H]1CCN(c2ccccc2)C1=O)c1c[nH]c2ccccc2c1=O. The summed E-state index contributed by atoms with van der Waals surface area (Å²) in [5.74, 6) is -0.702. The van der Waals surface area contributed by atoms with E-state index in [9.17, 15) is 14.4 Å². The number of rotatable bonds is 3. The second-order valence-electron chi connectivity index (χ2n) is 6.22. The van der Waals surface area contributed by atoms with Crippen molar-refractivity contribution in [2.24, 2.45) is 0 Å². The maximum Gasteiger partial charge on any atom is 0.257 e. The number of hydrogen-bond acceptors (Lipinski definition) is 3. The molecule has 2 aromatic carbocycles. The molecule has 26 heavy (non-hydrogen) atoms. The number of carbonyl (C=O) groups is 2. The van der Waals surface area contributed by atoms with Gasteiger partial charge < -0.3 is 15.2 Å². The first-order valence-electron chi connectivity index (χ1n) is 8.43. The van der Waals surface area contributed by atoms with Crippen molar-refractivity contribution >= 4 is 28.4 Å². The smallest absolute Gasteiger partial charge is 0.257 e. The Morgan fingerprint density at radius 1 is 1.04 bits per heavy atom. The Kier molecular flexibility index (Phi) is 4.01. The zero-order valence-corrected chi connectivity index (χ0v) is 13.9. The Morgan fingerprint density at radius 3 is 2.58 bits per heavy atom. The van der Waals surface area contributed by atoms with Crippen molar-refractivity contribution in [2.45, 2.75) is 12.5 Å². The summed E-state index contributed by atoms with van der Waals surface area (Å²) in [6.45, 7) is 0.530. The summed E-state index contributed by atoms with van der Waals surface area (Å²) in [4.78, 5) is 42.3. The standard InChI is InChI=1S/C20H17N3O3/c24-18-14-8-4-5-9-16(14)21-12-15(18)19(25)22-17-10-11-23(20(17)26)13-6-2-1-3-7-13/h1-9,12,17H,10-11H2,(H,21,24)(H,22,25)/t17-/m1/s1. The molecule has 0 aliphatic carbocycles. The highest BCUT2D eigenvalue weighted by Gasteiger charge is 2.34. The third kappa shape index (κ3) is 2.75. The molecule has 1 aliphatic rings. The minimum Gasteiger partial charge on any atom is -0.360 e. The zero-order valence-electron chi connectivity index (χ0n) is 13.9. The van der Waals surface area contributed by atoms with Crippen LogP contribution in [0.2, 0.25) is 0 Å². The van der Waals surface area contributed by atoms with E-state index in [2.05, 4.69) is 10.3 Å². The van der Waals surface area contributed by atoms with E-state index in [4.69, 9.17) is 0 Å². The molecule has 6 nitrogen and oxygen atoms in total. The van der Waals surface area contributed by atoms with E-state index in [1.807, 2.05) is 36.4 Å². The molecule has 3 aromatic rings. The van der Waals surface area contributed by atoms with Crippen LogP contribution in [0.3, 0.4) is 0 Å². The lowest BCUT2D eigenvalue weighted by Crippen LogP contribution is -2.42. The molecule has 0 radical (unpaired) electrons. The normalized spacial score (nSPS) is 16.8. The van der Waals surface area contributed by atoms with Gasteiger partial charge in [-0.2, -0.15) is 0 Å². The Balaban J connectivity index is 1.55. The van der Waals surface area contributed by atoms with Crippen LogP contribution < -0.4 is 15.6 Å². The van der Waals surface area contributed by atoms with Crippen molar-refractivity contribution in [1.29, 1.82) is 0 Å². The first-order chi connectivity index (χ1) is 12.6. The van der Waals surface area contributed by atoms with E-state index in [1.165, 1.54) is 6.20 Å². The van der Waals surface area contributed by atoms with Crippen LogP contribution in [0.25, 0.3) is 10.9 Å². The van der Waals surface area contributed by atoms with Gasteiger partial charge in [0.25, 0.3) is 5.91 Å². The number of aromatic amines is 1. The maximum absolute atomic E-state index is 12.6. The summed E-state index contributed by atoms with van der Waals surface area (Å²) < 4.78 is 0. The van der Waals surface area contributed by atoms with Gasteiger partial charge in [-0.3, -0.25) is 14.4 Å². The first-order valence-corrected chi connectivity index (χ1v) is 8.43. The van der Waals surface area contributed by atoms with E-state index < -0.39 is 11.9 Å². The number of pyridine rings is 1. The molecule has 0 spiro atoms. The van der Waals surface area contributed by atoms with Gasteiger partial charge in [0.2, 0.25) is 11.3 Å². The number of H-pyrrole nitrogens is 1. The van der Waals surface area contributed by atoms with Crippen molar-refractivity contribution in [3.05, 3.63) is 76.6 Å². The van der Waals surface area contributed by atoms with Gasteiger partial charge in [0, 0.05) is 29.3 Å². The van der Waals surface area contributed by atoms with E-state index in [0.717, 1.165) is 5.69 Å². The highest BCUT2D eigenvalue weighted by atomic mass is 16.2. The van der Waals surface area contributed by atoms with Crippen LogP contribution in [-0.4, -0.2) is 29.4 Å². The minimum atomic E-state index is -0.631. The minimum absolute atomic E-state index is 0.00895. The van der Waals surface area contributed by atoms with Gasteiger partial charge in [-0.05, 0) is 30.7 Å². The molecule has 130 valence electrons. The largest absolute Gasteiger partial charge is 0.360 e. The zero-order chi connectivity index (χ0) is 18.1. The van der Waals surface area contributed by atoms with Gasteiger partial charge >= 0.3 is 0 Å². The molecule has 2 heterocycles. The molecule has 2 N–H and O–H groups in total. The lowest BCUT2D eigenvalue weighted by atomic mass is 10.1. The fourth-order valence-corrected chi connectivity index (χ4v) is 3.25. The van der Waals surface area contributed by atoms with Gasteiger partial charge in [0.05, 0.1) is 0 Å². The molecular formula is C20H17N3O3. The summed E-state index contributed by atoms with van der Waals surface area (Å²) in [6, 6.07) is 15.7. The Hall–Kier alpha value is -3.41. The van der Waals surface area contributed by atoms with Crippen LogP contribution >= 0.6 is 0 Å². The average molecular weight is 347 g/mol. The number of anilines is 1. The van der Waals surface area contributed by atoms with Crippen LogP contribution in [0, 0.1) is 0 Å². The monoisotopic (exact) mass is 347 g/mol. The van der Waals surface area contributed by atoms with Gasteiger partial charge in [-0.1, -0.05) is 30.3 Å². The maximum atomic E-state index is 12.6. The number of para-hydroxylation sites is 2. The fourth-order valence-electron chi connectivity index (χ4n) is 3.25. The molecule has 1 aromatic heterocycles. The second-order valence-corrected chi connectivity index (χ2v) is 6.22. The van der Waals surface area contributed by atoms with Gasteiger partial charge in [-0.15, -0.1) is 0 Å². The quantitative estimate of drug-likeness (QED) is 0.761. The Labute approximate surface area is 149 Å². The van der Waals surface area contributed by atoms with E-state index in [0.29, 0.717) is 23.9 Å². The summed E-state index contributed by atoms with van der Waals surface area (Å²) in [6.07, 6.45) is 1.90. The Bertz CT molecular complexity index is 1040. The van der Waals surface area contributed by atoms with Crippen molar-refractivity contribution in [3.63, 3.8) is 0 Å². The third-order valence-corrected chi connectivity index (χ3v) is 4.61. The van der Waals surface area contributed by atoms with Crippen molar-refractivity contribution in [1.82, 2.24) is 10.3 Å². The van der Waals surface area contributed by atoms with Crippen molar-refractivity contribution < 1.29 is 9.59 Å². The van der Waals surface area contributed by atoms with Crippen molar-refractivity contribution in [2.75, 3.05) is 11.4 Å². The lowest BCUT2D eigenvalue weighted by Gasteiger charge is -2.17. The third-order valence-electron chi connectivity index (χ3n) is 4.61. The van der Waals surface area contributed by atoms with Gasteiger partial charge in [-0.25, -0.2) is 0 Å². The molecule has 1 fully saturated rings. The lowest BCUT2D eigenvalue weighted by molar-refractivity contribution is -0.118. The van der Waals surface area contributed by atoms with Crippen LogP contribution in [0.15, 0.2) is 65.6 Å².